The Morgan fingerprint density at radius 2 is 1.62 bits per heavy atom. The van der Waals surface area contributed by atoms with E-state index in [0.717, 1.165) is 32.2 Å². The quantitative estimate of drug-likeness (QED) is 0.364. The summed E-state index contributed by atoms with van der Waals surface area (Å²) in [6.45, 7) is 8.04. The van der Waals surface area contributed by atoms with E-state index in [4.69, 9.17) is 18.9 Å². The van der Waals surface area contributed by atoms with Gasteiger partial charge in [0.05, 0.1) is 37.6 Å². The third-order valence-electron chi connectivity index (χ3n) is 8.35. The van der Waals surface area contributed by atoms with Crippen molar-refractivity contribution in [2.75, 3.05) is 40.4 Å². The van der Waals surface area contributed by atoms with Gasteiger partial charge in [-0.2, -0.15) is 0 Å². The van der Waals surface area contributed by atoms with Crippen molar-refractivity contribution in [1.29, 1.82) is 0 Å². The highest BCUT2D eigenvalue weighted by molar-refractivity contribution is 6.02. The first-order valence-electron chi connectivity index (χ1n) is 14.1. The normalized spacial score (nSPS) is 30.5. The second-order valence-corrected chi connectivity index (χ2v) is 12.1. The highest BCUT2D eigenvalue weighted by Gasteiger charge is 2.43. The number of hydrogen-bond acceptors (Lipinski definition) is 8. The lowest BCUT2D eigenvalue weighted by atomic mass is 9.75. The lowest BCUT2D eigenvalue weighted by Gasteiger charge is -2.48. The Bertz CT molecular complexity index is 977. The van der Waals surface area contributed by atoms with Crippen LogP contribution in [0.2, 0.25) is 0 Å². The van der Waals surface area contributed by atoms with Crippen LogP contribution in [0, 0.1) is 11.8 Å². The molecule has 0 bridgehead atoms. The summed E-state index contributed by atoms with van der Waals surface area (Å²) >= 11 is 0. The lowest BCUT2D eigenvalue weighted by Crippen LogP contribution is -2.55. The smallest absolute Gasteiger partial charge is 0.410 e. The first-order valence-corrected chi connectivity index (χ1v) is 14.1. The largest absolute Gasteiger partial charge is 0.466 e. The molecule has 218 valence electrons. The summed E-state index contributed by atoms with van der Waals surface area (Å²) in [6, 6.07) is 0.314. The third kappa shape index (κ3) is 7.20. The zero-order chi connectivity index (χ0) is 28.3. The Kier molecular flexibility index (Phi) is 9.37. The molecular formula is C29H43FN2O7. The maximum atomic E-state index is 15.4. The molecule has 9 nitrogen and oxygen atoms in total. The zero-order valence-electron chi connectivity index (χ0n) is 23.8. The molecule has 4 rings (SSSR count). The summed E-state index contributed by atoms with van der Waals surface area (Å²) in [5.74, 6) is -1.56. The predicted molar refractivity (Wildman–Crippen MR) is 142 cm³/mol. The molecule has 1 unspecified atom stereocenters. The van der Waals surface area contributed by atoms with E-state index in [0.29, 0.717) is 32.1 Å². The summed E-state index contributed by atoms with van der Waals surface area (Å²) in [4.78, 5) is 40.7. The van der Waals surface area contributed by atoms with Crippen molar-refractivity contribution in [2.24, 2.45) is 11.8 Å². The van der Waals surface area contributed by atoms with Gasteiger partial charge in [-0.05, 0) is 77.7 Å². The monoisotopic (exact) mass is 550 g/mol. The van der Waals surface area contributed by atoms with Gasteiger partial charge in [-0.15, -0.1) is 0 Å². The first-order chi connectivity index (χ1) is 18.5. The van der Waals surface area contributed by atoms with E-state index in [9.17, 15) is 14.4 Å². The number of ether oxygens (including phenoxy) is 4. The number of esters is 2. The van der Waals surface area contributed by atoms with Crippen LogP contribution in [0.1, 0.15) is 59.3 Å². The van der Waals surface area contributed by atoms with Gasteiger partial charge in [-0.1, -0.05) is 12.2 Å². The molecule has 0 aromatic heterocycles. The second-order valence-electron chi connectivity index (χ2n) is 12.1. The van der Waals surface area contributed by atoms with Gasteiger partial charge in [0.2, 0.25) is 0 Å². The fraction of sp³-hybridized carbons (Fsp3) is 0.759. The van der Waals surface area contributed by atoms with Crippen molar-refractivity contribution in [1.82, 2.24) is 9.80 Å². The predicted octanol–water partition coefficient (Wildman–Crippen LogP) is 3.81. The van der Waals surface area contributed by atoms with Crippen LogP contribution in [0.5, 0.6) is 0 Å². The van der Waals surface area contributed by atoms with E-state index >= 15 is 4.39 Å². The molecular weight excluding hydrogens is 507 g/mol. The van der Waals surface area contributed by atoms with Crippen molar-refractivity contribution >= 4 is 18.0 Å². The van der Waals surface area contributed by atoms with Gasteiger partial charge < -0.3 is 23.8 Å². The number of piperidine rings is 2. The number of carbonyl (C=O) groups excluding carboxylic acids is 3. The lowest BCUT2D eigenvalue weighted by molar-refractivity contribution is -0.139. The molecule has 1 saturated carbocycles. The second kappa shape index (κ2) is 12.4. The molecule has 0 spiro atoms. The minimum Gasteiger partial charge on any atom is -0.466 e. The van der Waals surface area contributed by atoms with Crippen LogP contribution >= 0.6 is 0 Å². The van der Waals surface area contributed by atoms with Crippen molar-refractivity contribution in [3.05, 3.63) is 23.3 Å². The van der Waals surface area contributed by atoms with Crippen LogP contribution in [0.4, 0.5) is 9.18 Å². The molecule has 3 atom stereocenters. The van der Waals surface area contributed by atoms with Gasteiger partial charge in [0.15, 0.2) is 0 Å². The zero-order valence-corrected chi connectivity index (χ0v) is 23.8. The molecule has 2 heterocycles. The standard InChI is InChI=1S/C29H43FN2O7/c1-29(2,3)39-28(35)31-11-8-20(9-12-31)38-21-15-19(16-21)32-13-10-22(25(30)17-32)18-6-7-23(26(33)36-4)24(14-18)27(34)37-5/h6-7,18-22,25H,8-17H2,1-5H3/t18?,19-,21-,22-,25-/m1/s1. The number of alkyl halides is 1. The average molecular weight is 551 g/mol. The number of methoxy groups -OCH3 is 2. The highest BCUT2D eigenvalue weighted by atomic mass is 19.1. The van der Waals surface area contributed by atoms with E-state index < -0.39 is 23.7 Å². The molecule has 0 N–H and O–H groups in total. The minimum absolute atomic E-state index is 0.138. The number of hydrogen-bond donors (Lipinski definition) is 0. The number of nitrogens with zero attached hydrogens (tertiary/aromatic N) is 2. The van der Waals surface area contributed by atoms with E-state index in [1.807, 2.05) is 26.8 Å². The summed E-state index contributed by atoms with van der Waals surface area (Å²) in [5.41, 5.74) is -0.0605. The van der Waals surface area contributed by atoms with Crippen molar-refractivity contribution in [2.45, 2.75) is 89.3 Å². The van der Waals surface area contributed by atoms with E-state index in [-0.39, 0.29) is 47.7 Å². The van der Waals surface area contributed by atoms with Crippen LogP contribution in [-0.2, 0) is 28.5 Å². The van der Waals surface area contributed by atoms with Crippen molar-refractivity contribution in [3.8, 4) is 0 Å². The number of carbonyl (C=O) groups is 3. The van der Waals surface area contributed by atoms with Crippen LogP contribution in [0.15, 0.2) is 23.3 Å². The molecule has 1 amide bonds. The maximum Gasteiger partial charge on any atom is 0.410 e. The Hall–Kier alpha value is -2.46. The highest BCUT2D eigenvalue weighted by Crippen LogP contribution is 2.39. The Morgan fingerprint density at radius 3 is 2.21 bits per heavy atom. The van der Waals surface area contributed by atoms with Gasteiger partial charge >= 0.3 is 18.0 Å². The van der Waals surface area contributed by atoms with E-state index in [1.54, 1.807) is 11.0 Å². The van der Waals surface area contributed by atoms with Gasteiger partial charge in [-0.25, -0.2) is 18.8 Å². The Morgan fingerprint density at radius 1 is 0.949 bits per heavy atom. The fourth-order valence-electron chi connectivity index (χ4n) is 6.13. The first kappa shape index (κ1) is 29.5. The molecule has 2 aliphatic heterocycles. The third-order valence-corrected chi connectivity index (χ3v) is 8.35. The number of halogens is 1. The van der Waals surface area contributed by atoms with Crippen molar-refractivity contribution < 1.29 is 37.7 Å². The van der Waals surface area contributed by atoms with Crippen LogP contribution in [0.3, 0.4) is 0 Å². The Labute approximate surface area is 230 Å². The topological polar surface area (TPSA) is 94.6 Å². The molecule has 2 aliphatic carbocycles. The summed E-state index contributed by atoms with van der Waals surface area (Å²) in [5, 5.41) is 0. The maximum absolute atomic E-state index is 15.4. The molecule has 3 fully saturated rings. The number of amides is 1. The number of rotatable bonds is 6. The van der Waals surface area contributed by atoms with Crippen LogP contribution in [0.25, 0.3) is 0 Å². The Balaban J connectivity index is 1.20. The van der Waals surface area contributed by atoms with E-state index in [2.05, 4.69) is 4.90 Å². The summed E-state index contributed by atoms with van der Waals surface area (Å²) < 4.78 is 36.9. The number of allylic oxidation sites excluding steroid dienone is 1. The van der Waals surface area contributed by atoms with Gasteiger partial charge in [0.25, 0.3) is 0 Å². The fourth-order valence-corrected chi connectivity index (χ4v) is 6.13. The van der Waals surface area contributed by atoms with Crippen LogP contribution < -0.4 is 0 Å². The molecule has 0 aromatic carbocycles. The molecule has 0 radical (unpaired) electrons. The molecule has 0 aromatic rings. The summed E-state index contributed by atoms with van der Waals surface area (Å²) in [6.07, 6.45) is 6.78. The molecule has 4 aliphatic rings. The molecule has 10 heteroatoms. The minimum atomic E-state index is -1.02. The van der Waals surface area contributed by atoms with Crippen molar-refractivity contribution in [3.63, 3.8) is 0 Å². The summed E-state index contributed by atoms with van der Waals surface area (Å²) in [7, 11) is 2.54. The molecule has 39 heavy (non-hydrogen) atoms. The van der Waals surface area contributed by atoms with Gasteiger partial charge in [0, 0.05) is 25.7 Å². The molecule has 2 saturated heterocycles. The van der Waals surface area contributed by atoms with Gasteiger partial charge in [-0.3, -0.25) is 4.90 Å². The number of likely N-dealkylation sites (tertiary alicyclic amines) is 2. The SMILES string of the molecule is COC(=O)C1=C(C(=O)OC)CC([C@H]2CCN([C@H]3C[C@H](OC4CCN(C(=O)OC(C)(C)C)CC4)C3)C[C@H]2F)C=C1. The van der Waals surface area contributed by atoms with Crippen LogP contribution in [-0.4, -0.2) is 98.3 Å². The average Bonchev–Trinajstić information content (AvgIpc) is 2.88. The van der Waals surface area contributed by atoms with Gasteiger partial charge in [0.1, 0.15) is 11.8 Å². The van der Waals surface area contributed by atoms with E-state index in [1.165, 1.54) is 14.2 Å².